The van der Waals surface area contributed by atoms with E-state index in [0.29, 0.717) is 24.4 Å². The van der Waals surface area contributed by atoms with Crippen molar-refractivity contribution in [2.75, 3.05) is 26.7 Å². The Hall–Kier alpha value is -2.01. The summed E-state index contributed by atoms with van der Waals surface area (Å²) in [6, 6.07) is 9.08. The highest BCUT2D eigenvalue weighted by Crippen LogP contribution is 2.44. The second kappa shape index (κ2) is 8.02. The van der Waals surface area contributed by atoms with Gasteiger partial charge in [0.25, 0.3) is 0 Å². The molecule has 3 saturated heterocycles. The molecule has 1 aromatic carbocycles. The van der Waals surface area contributed by atoms with Crippen LogP contribution in [0.15, 0.2) is 35.9 Å². The molecule has 4 atom stereocenters. The van der Waals surface area contributed by atoms with E-state index in [1.54, 1.807) is 12.7 Å². The smallest absolute Gasteiger partial charge is 0.318 e. The van der Waals surface area contributed by atoms with Crippen LogP contribution in [-0.2, 0) is 6.54 Å². The number of amides is 2. The molecule has 0 radical (unpaired) electrons. The van der Waals surface area contributed by atoms with E-state index in [1.807, 2.05) is 24.3 Å². The van der Waals surface area contributed by atoms with Crippen LogP contribution in [0.2, 0.25) is 0 Å². The van der Waals surface area contributed by atoms with Gasteiger partial charge in [-0.3, -0.25) is 4.90 Å². The lowest BCUT2D eigenvalue weighted by atomic mass is 9.68. The van der Waals surface area contributed by atoms with Crippen molar-refractivity contribution >= 4 is 6.03 Å². The molecule has 5 nitrogen and oxygen atoms in total. The molecule has 4 aliphatic rings. The summed E-state index contributed by atoms with van der Waals surface area (Å²) in [6.45, 7) is 3.86. The number of nitrogens with one attached hydrogen (secondary N) is 1. The Bertz CT molecular complexity index is 775. The third-order valence-electron chi connectivity index (χ3n) is 7.52. The standard InChI is InChI=1S/C24H33N3O2/c1-29-21-9-7-17(8-10-21)15-25-24(28)27-12-4-5-18-13-19-14-20(23(18)27)16-26-11-3-2-6-22(19)26/h7-10,13,19-20,22-23H,2-6,11-12,14-16H2,1H3,(H,25,28)/t19-,20+,22-,23-/m0/s1. The van der Waals surface area contributed by atoms with Crippen molar-refractivity contribution in [2.45, 2.75) is 57.2 Å². The predicted molar refractivity (Wildman–Crippen MR) is 114 cm³/mol. The Morgan fingerprint density at radius 2 is 2.03 bits per heavy atom. The van der Waals surface area contributed by atoms with Crippen LogP contribution >= 0.6 is 0 Å². The number of urea groups is 1. The number of hydrogen-bond acceptors (Lipinski definition) is 3. The molecule has 0 aromatic heterocycles. The van der Waals surface area contributed by atoms with Gasteiger partial charge in [-0.2, -0.15) is 0 Å². The van der Waals surface area contributed by atoms with Gasteiger partial charge in [0.1, 0.15) is 5.75 Å². The van der Waals surface area contributed by atoms with Crippen molar-refractivity contribution in [3.8, 4) is 5.75 Å². The summed E-state index contributed by atoms with van der Waals surface area (Å²) in [4.78, 5) is 18.0. The minimum Gasteiger partial charge on any atom is -0.497 e. The van der Waals surface area contributed by atoms with E-state index in [-0.39, 0.29) is 6.03 Å². The summed E-state index contributed by atoms with van der Waals surface area (Å²) in [5.74, 6) is 2.15. The first-order valence-electron chi connectivity index (χ1n) is 11.3. The molecule has 1 aromatic rings. The fraction of sp³-hybridized carbons (Fsp3) is 0.625. The van der Waals surface area contributed by atoms with E-state index in [0.717, 1.165) is 30.3 Å². The Kier molecular flexibility index (Phi) is 5.25. The monoisotopic (exact) mass is 395 g/mol. The number of carbonyl (C=O) groups excluding carboxylic acids is 1. The first kappa shape index (κ1) is 19.0. The van der Waals surface area contributed by atoms with E-state index >= 15 is 0 Å². The Morgan fingerprint density at radius 1 is 1.17 bits per heavy atom. The highest BCUT2D eigenvalue weighted by atomic mass is 16.5. The first-order chi connectivity index (χ1) is 14.2. The van der Waals surface area contributed by atoms with Gasteiger partial charge in [0, 0.05) is 25.7 Å². The van der Waals surface area contributed by atoms with Gasteiger partial charge < -0.3 is 15.0 Å². The molecular formula is C24H33N3O2. The zero-order valence-corrected chi connectivity index (χ0v) is 17.5. The summed E-state index contributed by atoms with van der Waals surface area (Å²) in [6.07, 6.45) is 10.2. The van der Waals surface area contributed by atoms with Gasteiger partial charge in [0.15, 0.2) is 0 Å². The van der Waals surface area contributed by atoms with Crippen LogP contribution in [0.25, 0.3) is 0 Å². The average molecular weight is 396 g/mol. The lowest BCUT2D eigenvalue weighted by Crippen LogP contribution is -2.61. The molecule has 156 valence electrons. The van der Waals surface area contributed by atoms with Crippen LogP contribution in [0.5, 0.6) is 5.75 Å². The van der Waals surface area contributed by atoms with Gasteiger partial charge >= 0.3 is 6.03 Å². The minimum absolute atomic E-state index is 0.0932. The Labute approximate surface area is 174 Å². The Morgan fingerprint density at radius 3 is 2.86 bits per heavy atom. The molecular weight excluding hydrogens is 362 g/mol. The van der Waals surface area contributed by atoms with E-state index in [4.69, 9.17) is 4.74 Å². The molecule has 0 spiro atoms. The summed E-state index contributed by atoms with van der Waals surface area (Å²) in [5, 5.41) is 3.17. The lowest BCUT2D eigenvalue weighted by molar-refractivity contribution is 0.00788. The van der Waals surface area contributed by atoms with Crippen molar-refractivity contribution < 1.29 is 9.53 Å². The first-order valence-corrected chi connectivity index (χ1v) is 11.3. The quantitative estimate of drug-likeness (QED) is 0.792. The van der Waals surface area contributed by atoms with E-state index in [2.05, 4.69) is 21.2 Å². The number of rotatable bonds is 3. The molecule has 1 aliphatic carbocycles. The van der Waals surface area contributed by atoms with Crippen molar-refractivity contribution in [2.24, 2.45) is 11.8 Å². The van der Waals surface area contributed by atoms with E-state index in [1.165, 1.54) is 45.2 Å². The summed E-state index contributed by atoms with van der Waals surface area (Å²) >= 11 is 0. The predicted octanol–water partition coefficient (Wildman–Crippen LogP) is 3.80. The lowest BCUT2D eigenvalue weighted by Gasteiger charge is -2.54. The molecule has 29 heavy (non-hydrogen) atoms. The molecule has 0 unspecified atom stereocenters. The minimum atomic E-state index is 0.0932. The number of hydrogen-bond donors (Lipinski definition) is 1. The molecule has 3 heterocycles. The van der Waals surface area contributed by atoms with Gasteiger partial charge in [0.05, 0.1) is 13.2 Å². The fourth-order valence-corrected chi connectivity index (χ4v) is 6.22. The third-order valence-corrected chi connectivity index (χ3v) is 7.52. The number of fused-ring (bicyclic) bond motifs is 6. The van der Waals surface area contributed by atoms with Gasteiger partial charge in [-0.25, -0.2) is 4.79 Å². The molecule has 2 bridgehead atoms. The highest BCUT2D eigenvalue weighted by Gasteiger charge is 2.46. The molecule has 1 N–H and O–H groups in total. The fourth-order valence-electron chi connectivity index (χ4n) is 6.22. The summed E-state index contributed by atoms with van der Waals surface area (Å²) in [5.41, 5.74) is 2.65. The topological polar surface area (TPSA) is 44.8 Å². The number of carbonyl (C=O) groups is 1. The van der Waals surface area contributed by atoms with Crippen molar-refractivity contribution in [1.29, 1.82) is 0 Å². The third kappa shape index (κ3) is 3.65. The van der Waals surface area contributed by atoms with Gasteiger partial charge in [-0.1, -0.05) is 30.2 Å². The second-order valence-electron chi connectivity index (χ2n) is 9.21. The molecule has 5 heteroatoms. The molecule has 2 amide bonds. The maximum Gasteiger partial charge on any atom is 0.318 e. The van der Waals surface area contributed by atoms with Crippen LogP contribution < -0.4 is 10.1 Å². The zero-order valence-electron chi connectivity index (χ0n) is 17.5. The number of methoxy groups -OCH3 is 1. The van der Waals surface area contributed by atoms with Gasteiger partial charge in [-0.15, -0.1) is 0 Å². The van der Waals surface area contributed by atoms with Crippen LogP contribution in [0, 0.1) is 11.8 Å². The number of piperidine rings is 3. The normalized spacial score (nSPS) is 31.3. The number of ether oxygens (including phenoxy) is 1. The average Bonchev–Trinajstić information content (AvgIpc) is 2.77. The summed E-state index contributed by atoms with van der Waals surface area (Å²) in [7, 11) is 1.67. The van der Waals surface area contributed by atoms with E-state index in [9.17, 15) is 4.79 Å². The molecule has 3 fully saturated rings. The zero-order chi connectivity index (χ0) is 19.8. The maximum atomic E-state index is 13.1. The van der Waals surface area contributed by atoms with Gasteiger partial charge in [-0.05, 0) is 68.2 Å². The van der Waals surface area contributed by atoms with Crippen molar-refractivity contribution in [3.63, 3.8) is 0 Å². The SMILES string of the molecule is COc1ccc(CNC(=O)N2CCCC3=C[C@H]4C[C@H](CN5CCCC[C@@H]45)[C@H]32)cc1. The van der Waals surface area contributed by atoms with Gasteiger partial charge in [0.2, 0.25) is 0 Å². The molecule has 0 saturated carbocycles. The van der Waals surface area contributed by atoms with Crippen LogP contribution in [0.3, 0.4) is 0 Å². The Balaban J connectivity index is 1.29. The number of likely N-dealkylation sites (tertiary alicyclic amines) is 1. The summed E-state index contributed by atoms with van der Waals surface area (Å²) < 4.78 is 5.22. The van der Waals surface area contributed by atoms with E-state index < -0.39 is 0 Å². The second-order valence-corrected chi connectivity index (χ2v) is 9.21. The number of nitrogens with zero attached hydrogens (tertiary/aromatic N) is 2. The highest BCUT2D eigenvalue weighted by molar-refractivity contribution is 5.75. The van der Waals surface area contributed by atoms with Crippen LogP contribution in [0.1, 0.15) is 44.1 Å². The largest absolute Gasteiger partial charge is 0.497 e. The van der Waals surface area contributed by atoms with Crippen LogP contribution in [-0.4, -0.2) is 54.7 Å². The van der Waals surface area contributed by atoms with Crippen molar-refractivity contribution in [3.05, 3.63) is 41.5 Å². The molecule has 5 rings (SSSR count). The van der Waals surface area contributed by atoms with Crippen LogP contribution in [0.4, 0.5) is 4.79 Å². The maximum absolute atomic E-state index is 13.1. The molecule has 3 aliphatic heterocycles. The van der Waals surface area contributed by atoms with Crippen molar-refractivity contribution in [1.82, 2.24) is 15.1 Å². The number of benzene rings is 1.